The van der Waals surface area contributed by atoms with Crippen molar-refractivity contribution >= 4 is 39.7 Å². The number of hydrogen-bond donors (Lipinski definition) is 1. The first kappa shape index (κ1) is 23.5. The van der Waals surface area contributed by atoms with Crippen molar-refractivity contribution in [2.45, 2.75) is 77.0 Å². The van der Waals surface area contributed by atoms with Crippen molar-refractivity contribution in [2.24, 2.45) is 5.92 Å². The van der Waals surface area contributed by atoms with Crippen LogP contribution in [0.4, 0.5) is 0 Å². The highest BCUT2D eigenvalue weighted by Crippen LogP contribution is 2.27. The van der Waals surface area contributed by atoms with Gasteiger partial charge in [0.25, 0.3) is 0 Å². The van der Waals surface area contributed by atoms with Gasteiger partial charge in [-0.15, -0.1) is 0 Å². The molecule has 0 spiro atoms. The van der Waals surface area contributed by atoms with Crippen molar-refractivity contribution in [3.63, 3.8) is 0 Å². The lowest BCUT2D eigenvalue weighted by Gasteiger charge is -2.24. The van der Waals surface area contributed by atoms with Gasteiger partial charge in [-0.25, -0.2) is 0 Å². The van der Waals surface area contributed by atoms with E-state index in [0.29, 0.717) is 18.8 Å². The van der Waals surface area contributed by atoms with Gasteiger partial charge in [0, 0.05) is 50.5 Å². The van der Waals surface area contributed by atoms with E-state index < -0.39 is 0 Å². The van der Waals surface area contributed by atoms with Crippen molar-refractivity contribution in [2.75, 3.05) is 18.9 Å². The molecular formula is C19H33NO4S2. The molecule has 1 aliphatic rings. The van der Waals surface area contributed by atoms with Gasteiger partial charge in [-0.3, -0.25) is 14.4 Å². The van der Waals surface area contributed by atoms with Gasteiger partial charge in [-0.2, -0.15) is 0 Å². The summed E-state index contributed by atoms with van der Waals surface area (Å²) in [6, 6.07) is 0.187. The third kappa shape index (κ3) is 9.42. The molecule has 3 unspecified atom stereocenters. The maximum atomic E-state index is 12.5. The summed E-state index contributed by atoms with van der Waals surface area (Å²) in [4.78, 5) is 36.9. The highest BCUT2D eigenvalue weighted by Gasteiger charge is 2.32. The second kappa shape index (κ2) is 12.8. The number of likely N-dealkylation sites (tertiary alicyclic amines) is 1. The summed E-state index contributed by atoms with van der Waals surface area (Å²) in [5.74, 6) is 1.44. The van der Waals surface area contributed by atoms with Crippen LogP contribution in [0, 0.1) is 5.92 Å². The van der Waals surface area contributed by atoms with E-state index in [2.05, 4.69) is 6.92 Å². The summed E-state index contributed by atoms with van der Waals surface area (Å²) in [5.41, 5.74) is 0. The van der Waals surface area contributed by atoms with Crippen LogP contribution in [0.2, 0.25) is 0 Å². The number of unbranched alkanes of at least 4 members (excludes halogenated alkanes) is 1. The van der Waals surface area contributed by atoms with Crippen LogP contribution in [0.1, 0.15) is 65.7 Å². The van der Waals surface area contributed by atoms with E-state index in [-0.39, 0.29) is 34.0 Å². The highest BCUT2D eigenvalue weighted by atomic mass is 32.2. The first-order chi connectivity index (χ1) is 12.3. The van der Waals surface area contributed by atoms with E-state index in [1.165, 1.54) is 23.5 Å². The van der Waals surface area contributed by atoms with Gasteiger partial charge in [0.05, 0.1) is 0 Å². The zero-order valence-electron chi connectivity index (χ0n) is 16.2. The minimum atomic E-state index is 0.108. The molecule has 7 heteroatoms. The topological polar surface area (TPSA) is 74.7 Å². The normalized spacial score (nSPS) is 21.0. The van der Waals surface area contributed by atoms with E-state index in [4.69, 9.17) is 0 Å². The van der Waals surface area contributed by atoms with E-state index >= 15 is 0 Å². The standard InChI is InChI=1S/C19H33NO4S2/c1-14-12-17(8-10-21)20(13-14)19(24)7-5-4-6-18(26-16(3)23)9-11-25-15(2)22/h14,17-18,21H,4-13H2,1-3H3. The fourth-order valence-corrected chi connectivity index (χ4v) is 5.33. The molecule has 0 aromatic rings. The van der Waals surface area contributed by atoms with Gasteiger partial charge < -0.3 is 10.0 Å². The summed E-state index contributed by atoms with van der Waals surface area (Å²) in [6.07, 6.45) is 5.66. The van der Waals surface area contributed by atoms with Gasteiger partial charge in [0.1, 0.15) is 0 Å². The van der Waals surface area contributed by atoms with E-state index in [1.807, 2.05) is 4.90 Å². The SMILES string of the molecule is CC(=O)SCCC(CCCCC(=O)N1CC(C)CC1CCO)SC(C)=O. The summed E-state index contributed by atoms with van der Waals surface area (Å²) in [7, 11) is 0. The molecule has 5 nitrogen and oxygen atoms in total. The number of carbonyl (C=O) groups is 3. The molecule has 0 aliphatic carbocycles. The van der Waals surface area contributed by atoms with E-state index in [0.717, 1.165) is 44.4 Å². The van der Waals surface area contributed by atoms with Crippen LogP contribution in [0.25, 0.3) is 0 Å². The Morgan fingerprint density at radius 2 is 1.88 bits per heavy atom. The summed E-state index contributed by atoms with van der Waals surface area (Å²) < 4.78 is 0. The first-order valence-corrected chi connectivity index (χ1v) is 11.4. The Hall–Kier alpha value is -0.530. The molecule has 3 atom stereocenters. The van der Waals surface area contributed by atoms with Gasteiger partial charge in [-0.1, -0.05) is 36.9 Å². The molecule has 1 amide bonds. The van der Waals surface area contributed by atoms with Crippen LogP contribution in [0.3, 0.4) is 0 Å². The zero-order valence-corrected chi connectivity index (χ0v) is 17.9. The van der Waals surface area contributed by atoms with Gasteiger partial charge in [0.15, 0.2) is 10.2 Å². The second-order valence-corrected chi connectivity index (χ2v) is 9.91. The Morgan fingerprint density at radius 1 is 1.15 bits per heavy atom. The van der Waals surface area contributed by atoms with Crippen molar-refractivity contribution < 1.29 is 19.5 Å². The molecule has 0 radical (unpaired) electrons. The molecule has 150 valence electrons. The summed E-state index contributed by atoms with van der Waals surface area (Å²) in [6.45, 7) is 6.22. The molecule has 1 fully saturated rings. The van der Waals surface area contributed by atoms with Crippen molar-refractivity contribution in [3.8, 4) is 0 Å². The Balaban J connectivity index is 2.33. The van der Waals surface area contributed by atoms with Crippen LogP contribution >= 0.6 is 23.5 Å². The number of nitrogens with zero attached hydrogens (tertiary/aromatic N) is 1. The number of aliphatic hydroxyl groups is 1. The van der Waals surface area contributed by atoms with Crippen molar-refractivity contribution in [3.05, 3.63) is 0 Å². The molecule has 0 aromatic carbocycles. The van der Waals surface area contributed by atoms with Crippen molar-refractivity contribution in [1.29, 1.82) is 0 Å². The number of carbonyl (C=O) groups excluding carboxylic acids is 3. The number of hydrogen-bond acceptors (Lipinski definition) is 6. The third-order valence-electron chi connectivity index (χ3n) is 4.65. The molecular weight excluding hydrogens is 370 g/mol. The third-order valence-corrected chi connectivity index (χ3v) is 6.63. The number of thioether (sulfide) groups is 2. The quantitative estimate of drug-likeness (QED) is 0.532. The fraction of sp³-hybridized carbons (Fsp3) is 0.842. The fourth-order valence-electron chi connectivity index (χ4n) is 3.50. The highest BCUT2D eigenvalue weighted by molar-refractivity contribution is 8.14. The molecule has 1 aliphatic heterocycles. The Labute approximate surface area is 166 Å². The van der Waals surface area contributed by atoms with Gasteiger partial charge >= 0.3 is 0 Å². The number of aliphatic hydroxyl groups excluding tert-OH is 1. The Bertz CT molecular complexity index is 472. The maximum Gasteiger partial charge on any atom is 0.222 e. The summed E-state index contributed by atoms with van der Waals surface area (Å²) in [5, 5.41) is 9.62. The monoisotopic (exact) mass is 403 g/mol. The van der Waals surface area contributed by atoms with Gasteiger partial charge in [0.2, 0.25) is 5.91 Å². The van der Waals surface area contributed by atoms with Gasteiger partial charge in [-0.05, 0) is 38.0 Å². The Morgan fingerprint density at radius 3 is 2.50 bits per heavy atom. The molecule has 1 heterocycles. The molecule has 0 bridgehead atoms. The lowest BCUT2D eigenvalue weighted by atomic mass is 10.1. The van der Waals surface area contributed by atoms with Crippen LogP contribution < -0.4 is 0 Å². The average molecular weight is 404 g/mol. The van der Waals surface area contributed by atoms with Crippen LogP contribution in [0.5, 0.6) is 0 Å². The lowest BCUT2D eigenvalue weighted by molar-refractivity contribution is -0.132. The predicted octanol–water partition coefficient (Wildman–Crippen LogP) is 3.48. The maximum absolute atomic E-state index is 12.5. The Kier molecular flexibility index (Phi) is 11.6. The largest absolute Gasteiger partial charge is 0.396 e. The van der Waals surface area contributed by atoms with Crippen LogP contribution in [0.15, 0.2) is 0 Å². The van der Waals surface area contributed by atoms with Crippen LogP contribution in [-0.2, 0) is 14.4 Å². The predicted molar refractivity (Wildman–Crippen MR) is 109 cm³/mol. The molecule has 1 saturated heterocycles. The molecule has 1 rings (SSSR count). The first-order valence-electron chi connectivity index (χ1n) is 9.54. The minimum absolute atomic E-state index is 0.108. The lowest BCUT2D eigenvalue weighted by Crippen LogP contribution is -2.36. The van der Waals surface area contributed by atoms with E-state index in [1.54, 1.807) is 13.8 Å². The molecule has 26 heavy (non-hydrogen) atoms. The van der Waals surface area contributed by atoms with Crippen molar-refractivity contribution in [1.82, 2.24) is 4.90 Å². The molecule has 1 N–H and O–H groups in total. The smallest absolute Gasteiger partial charge is 0.222 e. The second-order valence-electron chi connectivity index (χ2n) is 7.16. The average Bonchev–Trinajstić information content (AvgIpc) is 2.91. The molecule has 0 saturated carbocycles. The van der Waals surface area contributed by atoms with E-state index in [9.17, 15) is 19.5 Å². The number of amides is 1. The van der Waals surface area contributed by atoms with Crippen LogP contribution in [-0.4, -0.2) is 56.3 Å². The minimum Gasteiger partial charge on any atom is -0.396 e. The zero-order chi connectivity index (χ0) is 19.5. The summed E-state index contributed by atoms with van der Waals surface area (Å²) >= 11 is 2.66. The molecule has 0 aromatic heterocycles. The number of rotatable bonds is 11.